The average molecular weight is 344 g/mol. The third kappa shape index (κ3) is 4.45. The summed E-state index contributed by atoms with van der Waals surface area (Å²) in [5.74, 6) is -0.142. The molecule has 0 saturated heterocycles. The fourth-order valence-electron chi connectivity index (χ4n) is 3.91. The zero-order chi connectivity index (χ0) is 18.7. The van der Waals surface area contributed by atoms with E-state index in [0.717, 1.165) is 31.2 Å². The highest BCUT2D eigenvalue weighted by Crippen LogP contribution is 2.38. The molecule has 25 heavy (non-hydrogen) atoms. The molecule has 0 aliphatic carbocycles. The Labute approximate surface area is 152 Å². The Bertz CT molecular complexity index is 643. The highest BCUT2D eigenvalue weighted by molar-refractivity contribution is 5.90. The second-order valence-electron chi connectivity index (χ2n) is 8.26. The molecule has 138 valence electrons. The lowest BCUT2D eigenvalue weighted by Crippen LogP contribution is -2.40. The van der Waals surface area contributed by atoms with Gasteiger partial charge in [-0.15, -0.1) is 0 Å². The number of hydrogen-bond acceptors (Lipinski definition) is 3. The topological polar surface area (TPSA) is 46.5 Å². The normalized spacial score (nSPS) is 17.6. The van der Waals surface area contributed by atoms with Crippen LogP contribution in [0.25, 0.3) is 0 Å². The maximum absolute atomic E-state index is 12.7. The molecule has 3 heteroatoms. The monoisotopic (exact) mass is 344 g/mol. The molecule has 1 aromatic carbocycles. The van der Waals surface area contributed by atoms with E-state index in [1.807, 2.05) is 18.2 Å². The number of benzene rings is 1. The number of carbonyl (C=O) groups excluding carboxylic acids is 1. The number of esters is 1. The molecule has 0 fully saturated rings. The lowest BCUT2D eigenvalue weighted by Gasteiger charge is -2.37. The van der Waals surface area contributed by atoms with Gasteiger partial charge in [0.2, 0.25) is 0 Å². The molecule has 3 nitrogen and oxygen atoms in total. The van der Waals surface area contributed by atoms with Crippen LogP contribution in [0.1, 0.15) is 77.8 Å². The summed E-state index contributed by atoms with van der Waals surface area (Å²) in [6, 6.07) is 8.13. The molecule has 0 atom stereocenters. The van der Waals surface area contributed by atoms with Crippen molar-refractivity contribution in [2.45, 2.75) is 84.2 Å². The Hall–Kier alpha value is -1.77. The van der Waals surface area contributed by atoms with E-state index in [0.29, 0.717) is 18.4 Å². The first-order valence-electron chi connectivity index (χ1n) is 9.45. The molecule has 1 aromatic rings. The predicted molar refractivity (Wildman–Crippen MR) is 102 cm³/mol. The van der Waals surface area contributed by atoms with Crippen molar-refractivity contribution in [3.63, 3.8) is 0 Å². The van der Waals surface area contributed by atoms with Gasteiger partial charge < -0.3 is 9.84 Å². The Kier molecular flexibility index (Phi) is 5.97. The van der Waals surface area contributed by atoms with Crippen LogP contribution in [0.3, 0.4) is 0 Å². The van der Waals surface area contributed by atoms with Crippen molar-refractivity contribution < 1.29 is 14.6 Å². The molecule has 0 saturated carbocycles. The molecule has 0 radical (unpaired) electrons. The van der Waals surface area contributed by atoms with E-state index in [1.165, 1.54) is 5.56 Å². The fourth-order valence-corrected chi connectivity index (χ4v) is 3.91. The maximum atomic E-state index is 12.7. The van der Waals surface area contributed by atoms with E-state index in [4.69, 9.17) is 4.74 Å². The van der Waals surface area contributed by atoms with E-state index < -0.39 is 5.60 Å². The number of carbonyl (C=O) groups is 1. The van der Waals surface area contributed by atoms with Crippen molar-refractivity contribution in [2.24, 2.45) is 0 Å². The van der Waals surface area contributed by atoms with Crippen LogP contribution in [0.15, 0.2) is 35.6 Å². The van der Waals surface area contributed by atoms with Crippen molar-refractivity contribution in [2.75, 3.05) is 0 Å². The summed E-state index contributed by atoms with van der Waals surface area (Å²) >= 11 is 0. The van der Waals surface area contributed by atoms with Gasteiger partial charge in [0.1, 0.15) is 11.4 Å². The fraction of sp³-hybridized carbons (Fsp3) is 0.591. The molecule has 0 aromatic heterocycles. The van der Waals surface area contributed by atoms with Crippen molar-refractivity contribution >= 4 is 5.97 Å². The summed E-state index contributed by atoms with van der Waals surface area (Å²) in [6.07, 6.45) is 4.32. The smallest absolute Gasteiger partial charge is 0.338 e. The Morgan fingerprint density at radius 2 is 1.72 bits per heavy atom. The maximum Gasteiger partial charge on any atom is 0.338 e. The van der Waals surface area contributed by atoms with Crippen molar-refractivity contribution in [3.05, 3.63) is 46.7 Å². The van der Waals surface area contributed by atoms with Crippen LogP contribution in [0, 0.1) is 0 Å². The van der Waals surface area contributed by atoms with Gasteiger partial charge in [0, 0.05) is 12.8 Å². The van der Waals surface area contributed by atoms with E-state index in [1.54, 1.807) is 0 Å². The SMILES string of the molecule is CCCC1(CCC)CC(O)=C(Cc2ccccc2C(C)(C)C)C(=O)O1. The van der Waals surface area contributed by atoms with Gasteiger partial charge in [-0.3, -0.25) is 0 Å². The quantitative estimate of drug-likeness (QED) is 0.681. The molecule has 0 bridgehead atoms. The predicted octanol–water partition coefficient (Wildman–Crippen LogP) is 5.62. The summed E-state index contributed by atoms with van der Waals surface area (Å²) < 4.78 is 5.88. The molecule has 1 aliphatic rings. The molecule has 1 aliphatic heterocycles. The van der Waals surface area contributed by atoms with Crippen LogP contribution < -0.4 is 0 Å². The second kappa shape index (κ2) is 7.63. The zero-order valence-electron chi connectivity index (χ0n) is 16.3. The minimum atomic E-state index is -0.530. The summed E-state index contributed by atoms with van der Waals surface area (Å²) in [6.45, 7) is 10.6. The number of ether oxygens (including phenoxy) is 1. The van der Waals surface area contributed by atoms with E-state index in [-0.39, 0.29) is 17.1 Å². The van der Waals surface area contributed by atoms with Gasteiger partial charge >= 0.3 is 5.97 Å². The third-order valence-corrected chi connectivity index (χ3v) is 5.00. The molecule has 0 unspecified atom stereocenters. The minimum absolute atomic E-state index is 0.0144. The standard InChI is InChI=1S/C22H32O3/c1-6-12-22(13-7-2)15-19(23)17(20(24)25-22)14-16-10-8-9-11-18(16)21(3,4)5/h8-11,23H,6-7,12-15H2,1-5H3. The second-order valence-corrected chi connectivity index (χ2v) is 8.26. The minimum Gasteiger partial charge on any atom is -0.512 e. The van der Waals surface area contributed by atoms with E-state index in [2.05, 4.69) is 40.7 Å². The number of aliphatic hydroxyl groups is 1. The number of aliphatic hydroxyl groups excluding tert-OH is 1. The van der Waals surface area contributed by atoms with Gasteiger partial charge in [-0.25, -0.2) is 4.79 Å². The van der Waals surface area contributed by atoms with Crippen molar-refractivity contribution in [1.82, 2.24) is 0 Å². The lowest BCUT2D eigenvalue weighted by atomic mass is 9.80. The number of cyclic esters (lactones) is 1. The molecular weight excluding hydrogens is 312 g/mol. The van der Waals surface area contributed by atoms with Crippen molar-refractivity contribution in [1.29, 1.82) is 0 Å². The highest BCUT2D eigenvalue weighted by atomic mass is 16.6. The molecular formula is C22H32O3. The summed E-state index contributed by atoms with van der Waals surface area (Å²) in [4.78, 5) is 12.7. The van der Waals surface area contributed by atoms with E-state index >= 15 is 0 Å². The first kappa shape index (κ1) is 19.6. The highest BCUT2D eigenvalue weighted by Gasteiger charge is 2.40. The molecule has 0 amide bonds. The largest absolute Gasteiger partial charge is 0.512 e. The Balaban J connectivity index is 2.34. The van der Waals surface area contributed by atoms with Crippen LogP contribution in [-0.4, -0.2) is 16.7 Å². The lowest BCUT2D eigenvalue weighted by molar-refractivity contribution is -0.161. The number of rotatable bonds is 6. The zero-order valence-corrected chi connectivity index (χ0v) is 16.3. The van der Waals surface area contributed by atoms with Gasteiger partial charge in [-0.05, 0) is 29.4 Å². The summed E-state index contributed by atoms with van der Waals surface area (Å²) in [5.41, 5.74) is 2.14. The average Bonchev–Trinajstić information content (AvgIpc) is 2.51. The van der Waals surface area contributed by atoms with Crippen LogP contribution in [0.2, 0.25) is 0 Å². The summed E-state index contributed by atoms with van der Waals surface area (Å²) in [5, 5.41) is 10.7. The summed E-state index contributed by atoms with van der Waals surface area (Å²) in [7, 11) is 0. The van der Waals surface area contributed by atoms with Gasteiger partial charge in [-0.2, -0.15) is 0 Å². The van der Waals surface area contributed by atoms with Crippen LogP contribution in [0.4, 0.5) is 0 Å². The van der Waals surface area contributed by atoms with Crippen LogP contribution >= 0.6 is 0 Å². The van der Waals surface area contributed by atoms with Crippen LogP contribution in [-0.2, 0) is 21.4 Å². The van der Waals surface area contributed by atoms with Gasteiger partial charge in [-0.1, -0.05) is 71.7 Å². The first-order valence-corrected chi connectivity index (χ1v) is 9.45. The Morgan fingerprint density at radius 3 is 2.24 bits per heavy atom. The van der Waals surface area contributed by atoms with Gasteiger partial charge in [0.15, 0.2) is 0 Å². The van der Waals surface area contributed by atoms with Crippen molar-refractivity contribution in [3.8, 4) is 0 Å². The van der Waals surface area contributed by atoms with Crippen LogP contribution in [0.5, 0.6) is 0 Å². The molecule has 0 spiro atoms. The van der Waals surface area contributed by atoms with E-state index in [9.17, 15) is 9.90 Å². The number of hydrogen-bond donors (Lipinski definition) is 1. The third-order valence-electron chi connectivity index (χ3n) is 5.00. The molecule has 1 N–H and O–H groups in total. The molecule has 2 rings (SSSR count). The molecule has 1 heterocycles. The van der Waals surface area contributed by atoms with Gasteiger partial charge in [0.25, 0.3) is 0 Å². The van der Waals surface area contributed by atoms with Gasteiger partial charge in [0.05, 0.1) is 5.57 Å². The first-order chi connectivity index (χ1) is 11.7. The Morgan fingerprint density at radius 1 is 1.12 bits per heavy atom.